The molecule has 1 heterocycles. The minimum Gasteiger partial charge on any atom is -0.352 e. The molecule has 1 atom stereocenters. The van der Waals surface area contributed by atoms with Gasteiger partial charge in [0.15, 0.2) is 0 Å². The molecule has 0 radical (unpaired) electrons. The Kier molecular flexibility index (Phi) is 6.45. The van der Waals surface area contributed by atoms with Crippen molar-refractivity contribution in [3.8, 4) is 0 Å². The molecule has 140 valence electrons. The fraction of sp³-hybridized carbons (Fsp3) is 0.524. The summed E-state index contributed by atoms with van der Waals surface area (Å²) in [7, 11) is 0. The Balaban J connectivity index is 1.47. The van der Waals surface area contributed by atoms with Gasteiger partial charge in [0, 0.05) is 25.2 Å². The van der Waals surface area contributed by atoms with Crippen LogP contribution in [-0.2, 0) is 17.8 Å². The zero-order valence-corrected chi connectivity index (χ0v) is 15.6. The molecule has 0 saturated heterocycles. The van der Waals surface area contributed by atoms with Crippen molar-refractivity contribution in [2.45, 2.75) is 64.1 Å². The lowest BCUT2D eigenvalue weighted by atomic mass is 9.84. The van der Waals surface area contributed by atoms with Gasteiger partial charge in [-0.25, -0.2) is 4.98 Å². The summed E-state index contributed by atoms with van der Waals surface area (Å²) in [5.41, 5.74) is 8.20. The van der Waals surface area contributed by atoms with Crippen molar-refractivity contribution in [2.24, 2.45) is 11.7 Å². The van der Waals surface area contributed by atoms with Crippen molar-refractivity contribution < 1.29 is 4.79 Å². The molecule has 3 N–H and O–H groups in total. The second kappa shape index (κ2) is 8.99. The molecule has 0 aliphatic heterocycles. The van der Waals surface area contributed by atoms with Crippen LogP contribution in [0.3, 0.4) is 0 Å². The van der Waals surface area contributed by atoms with E-state index in [4.69, 9.17) is 5.73 Å². The van der Waals surface area contributed by atoms with Crippen molar-refractivity contribution >= 4 is 5.91 Å². The summed E-state index contributed by atoms with van der Waals surface area (Å²) in [4.78, 5) is 16.8. The molecule has 5 heteroatoms. The summed E-state index contributed by atoms with van der Waals surface area (Å²) >= 11 is 0. The summed E-state index contributed by atoms with van der Waals surface area (Å²) < 4.78 is 2.03. The topological polar surface area (TPSA) is 72.9 Å². The molecule has 1 fully saturated rings. The number of amides is 1. The maximum absolute atomic E-state index is 12.4. The number of nitrogens with one attached hydrogen (secondary N) is 1. The number of carbonyl (C=O) groups excluding carboxylic acids is 1. The van der Waals surface area contributed by atoms with Crippen LogP contribution in [0.4, 0.5) is 0 Å². The lowest BCUT2D eigenvalue weighted by Gasteiger charge is -2.29. The molecule has 1 aliphatic carbocycles. The van der Waals surface area contributed by atoms with Crippen LogP contribution >= 0.6 is 0 Å². The first-order valence-corrected chi connectivity index (χ1v) is 9.74. The summed E-state index contributed by atoms with van der Waals surface area (Å²) in [6.45, 7) is 3.02. The zero-order chi connectivity index (χ0) is 18.4. The predicted octanol–water partition coefficient (Wildman–Crippen LogP) is 2.89. The molecule has 0 spiro atoms. The van der Waals surface area contributed by atoms with Crippen LogP contribution in [-0.4, -0.2) is 27.5 Å². The third-order valence-corrected chi connectivity index (χ3v) is 5.43. The van der Waals surface area contributed by atoms with E-state index in [1.54, 1.807) is 6.33 Å². The molecule has 5 nitrogen and oxygen atoms in total. The molecule has 1 aromatic heterocycles. The van der Waals surface area contributed by atoms with Gasteiger partial charge >= 0.3 is 0 Å². The Morgan fingerprint density at radius 1 is 1.27 bits per heavy atom. The van der Waals surface area contributed by atoms with Gasteiger partial charge in [-0.3, -0.25) is 4.79 Å². The molecule has 26 heavy (non-hydrogen) atoms. The van der Waals surface area contributed by atoms with Crippen molar-refractivity contribution in [3.63, 3.8) is 0 Å². The molecular formula is C21H30N4O. The summed E-state index contributed by atoms with van der Waals surface area (Å²) in [6, 6.07) is 9.99. The lowest BCUT2D eigenvalue weighted by molar-refractivity contribution is -0.123. The van der Waals surface area contributed by atoms with E-state index in [0.29, 0.717) is 6.42 Å². The Morgan fingerprint density at radius 2 is 2.00 bits per heavy atom. The van der Waals surface area contributed by atoms with E-state index in [1.165, 1.54) is 24.8 Å². The van der Waals surface area contributed by atoms with Crippen LogP contribution < -0.4 is 11.1 Å². The van der Waals surface area contributed by atoms with Crippen molar-refractivity contribution in [1.29, 1.82) is 0 Å². The van der Waals surface area contributed by atoms with Gasteiger partial charge in [0.05, 0.1) is 18.1 Å². The highest BCUT2D eigenvalue weighted by Gasteiger charge is 2.23. The minimum absolute atomic E-state index is 0.0532. The van der Waals surface area contributed by atoms with E-state index < -0.39 is 6.04 Å². The fourth-order valence-electron chi connectivity index (χ4n) is 3.73. The summed E-state index contributed by atoms with van der Waals surface area (Å²) in [5.74, 6) is 0.771. The van der Waals surface area contributed by atoms with Gasteiger partial charge in [0.2, 0.25) is 5.91 Å². The van der Waals surface area contributed by atoms with E-state index in [9.17, 15) is 4.79 Å². The molecule has 2 aromatic rings. The molecule has 3 rings (SSSR count). The van der Waals surface area contributed by atoms with Gasteiger partial charge in [0.25, 0.3) is 0 Å². The second-order valence-corrected chi connectivity index (χ2v) is 7.47. The first-order chi connectivity index (χ1) is 12.6. The number of hydrogen-bond donors (Lipinski definition) is 2. The number of nitrogens with two attached hydrogens (primary N) is 1. The van der Waals surface area contributed by atoms with Crippen LogP contribution in [0, 0.1) is 5.92 Å². The molecule has 1 aromatic carbocycles. The first kappa shape index (κ1) is 18.6. The van der Waals surface area contributed by atoms with Crippen molar-refractivity contribution in [3.05, 3.63) is 54.1 Å². The second-order valence-electron chi connectivity index (χ2n) is 7.47. The van der Waals surface area contributed by atoms with E-state index in [0.717, 1.165) is 31.0 Å². The molecule has 0 unspecified atom stereocenters. The third-order valence-electron chi connectivity index (χ3n) is 5.43. The number of hydrogen-bond acceptors (Lipinski definition) is 3. The van der Waals surface area contributed by atoms with Crippen LogP contribution in [0.25, 0.3) is 0 Å². The van der Waals surface area contributed by atoms with Crippen LogP contribution in [0.1, 0.15) is 50.3 Å². The standard InChI is InChI=1S/C21H30N4O/c1-2-16-8-10-18(11-9-16)24-21(26)20(22)12-19-14-25(15-23-19)13-17-6-4-3-5-7-17/h3-7,14-16,18,20H,2,8-13,22H2,1H3,(H,24,26)/t16?,18?,20-/m0/s1. The van der Waals surface area contributed by atoms with Gasteiger partial charge in [-0.1, -0.05) is 43.7 Å². The van der Waals surface area contributed by atoms with Crippen LogP contribution in [0.15, 0.2) is 42.9 Å². The van der Waals surface area contributed by atoms with Gasteiger partial charge in [-0.2, -0.15) is 0 Å². The average molecular weight is 354 g/mol. The van der Waals surface area contributed by atoms with Crippen LogP contribution in [0.2, 0.25) is 0 Å². The highest BCUT2D eigenvalue weighted by atomic mass is 16.2. The van der Waals surface area contributed by atoms with E-state index >= 15 is 0 Å². The average Bonchev–Trinajstić information content (AvgIpc) is 3.10. The smallest absolute Gasteiger partial charge is 0.237 e. The minimum atomic E-state index is -0.543. The number of benzene rings is 1. The van der Waals surface area contributed by atoms with Gasteiger partial charge < -0.3 is 15.6 Å². The molecule has 1 saturated carbocycles. The number of imidazole rings is 1. The Labute approximate surface area is 156 Å². The van der Waals surface area contributed by atoms with Crippen molar-refractivity contribution in [1.82, 2.24) is 14.9 Å². The van der Waals surface area contributed by atoms with Gasteiger partial charge in [-0.05, 0) is 37.2 Å². The highest BCUT2D eigenvalue weighted by Crippen LogP contribution is 2.26. The van der Waals surface area contributed by atoms with Gasteiger partial charge in [0.1, 0.15) is 0 Å². The Bertz CT molecular complexity index is 689. The quantitative estimate of drug-likeness (QED) is 0.803. The number of carbonyl (C=O) groups is 1. The van der Waals surface area contributed by atoms with Gasteiger partial charge in [-0.15, -0.1) is 0 Å². The zero-order valence-electron chi connectivity index (χ0n) is 15.6. The normalized spacial score (nSPS) is 21.3. The Morgan fingerprint density at radius 3 is 2.69 bits per heavy atom. The Hall–Kier alpha value is -2.14. The van der Waals surface area contributed by atoms with E-state index in [1.807, 2.05) is 29.0 Å². The maximum atomic E-state index is 12.4. The largest absolute Gasteiger partial charge is 0.352 e. The first-order valence-electron chi connectivity index (χ1n) is 9.74. The number of nitrogens with zero attached hydrogens (tertiary/aromatic N) is 2. The molecule has 1 amide bonds. The fourth-order valence-corrected chi connectivity index (χ4v) is 3.73. The SMILES string of the molecule is CCC1CCC(NC(=O)[C@@H](N)Cc2cn(Cc3ccccc3)cn2)CC1. The molecule has 0 bridgehead atoms. The monoisotopic (exact) mass is 354 g/mol. The van der Waals surface area contributed by atoms with E-state index in [2.05, 4.69) is 29.4 Å². The van der Waals surface area contributed by atoms with E-state index in [-0.39, 0.29) is 11.9 Å². The maximum Gasteiger partial charge on any atom is 0.237 e. The van der Waals surface area contributed by atoms with Crippen molar-refractivity contribution in [2.75, 3.05) is 0 Å². The number of rotatable bonds is 7. The molecular weight excluding hydrogens is 324 g/mol. The lowest BCUT2D eigenvalue weighted by Crippen LogP contribution is -2.47. The number of aromatic nitrogens is 2. The highest BCUT2D eigenvalue weighted by molar-refractivity contribution is 5.82. The molecule has 1 aliphatic rings. The van der Waals surface area contributed by atoms with Crippen LogP contribution in [0.5, 0.6) is 0 Å². The predicted molar refractivity (Wildman–Crippen MR) is 104 cm³/mol. The summed E-state index contributed by atoms with van der Waals surface area (Å²) in [6.07, 6.45) is 10.1. The third kappa shape index (κ3) is 5.18. The summed E-state index contributed by atoms with van der Waals surface area (Å²) in [5, 5.41) is 3.13.